The highest BCUT2D eigenvalue weighted by Crippen LogP contribution is 2.45. The first-order valence-corrected chi connectivity index (χ1v) is 4.80. The van der Waals surface area contributed by atoms with Crippen molar-refractivity contribution in [3.8, 4) is 0 Å². The molecule has 2 rings (SSSR count). The summed E-state index contributed by atoms with van der Waals surface area (Å²) in [6.07, 6.45) is -2.82. The van der Waals surface area contributed by atoms with E-state index >= 15 is 0 Å². The second-order valence-electron chi connectivity index (χ2n) is 4.18. The molecule has 0 radical (unpaired) electrons. The van der Waals surface area contributed by atoms with Gasteiger partial charge in [0.1, 0.15) is 6.10 Å². The van der Waals surface area contributed by atoms with Crippen LogP contribution in [0.25, 0.3) is 0 Å². The Labute approximate surface area is 85.3 Å². The molecule has 0 saturated heterocycles. The Kier molecular flexibility index (Phi) is 2.46. The SMILES string of the molecule is CC1(c2noc(CC(O)C(F)F)n2)CC1. The summed E-state index contributed by atoms with van der Waals surface area (Å²) in [5, 5.41) is 12.7. The lowest BCUT2D eigenvalue weighted by Gasteiger charge is -2.04. The van der Waals surface area contributed by atoms with Crippen molar-refractivity contribution in [2.75, 3.05) is 0 Å². The lowest BCUT2D eigenvalue weighted by atomic mass is 10.1. The van der Waals surface area contributed by atoms with Crippen LogP contribution in [0.1, 0.15) is 31.5 Å². The Morgan fingerprint density at radius 3 is 2.73 bits per heavy atom. The zero-order valence-corrected chi connectivity index (χ0v) is 8.28. The Balaban J connectivity index is 2.01. The van der Waals surface area contributed by atoms with Gasteiger partial charge in [0.25, 0.3) is 6.43 Å². The summed E-state index contributed by atoms with van der Waals surface area (Å²) in [6.45, 7) is 1.99. The third kappa shape index (κ3) is 2.14. The van der Waals surface area contributed by atoms with Crippen LogP contribution in [0, 0.1) is 0 Å². The molecule has 1 fully saturated rings. The van der Waals surface area contributed by atoms with Crippen LogP contribution in [-0.4, -0.2) is 27.8 Å². The predicted octanol–water partition coefficient (Wildman–Crippen LogP) is 1.29. The molecule has 0 bridgehead atoms. The number of nitrogens with zero attached hydrogens (tertiary/aromatic N) is 2. The molecular weight excluding hydrogens is 206 g/mol. The van der Waals surface area contributed by atoms with Crippen molar-refractivity contribution < 1.29 is 18.4 Å². The highest BCUT2D eigenvalue weighted by molar-refractivity contribution is 5.14. The minimum absolute atomic E-state index is 0.0441. The van der Waals surface area contributed by atoms with Crippen LogP contribution in [0.15, 0.2) is 4.52 Å². The van der Waals surface area contributed by atoms with Gasteiger partial charge >= 0.3 is 0 Å². The third-order valence-electron chi connectivity index (χ3n) is 2.68. The maximum atomic E-state index is 12.0. The number of aliphatic hydroxyl groups is 1. The Morgan fingerprint density at radius 2 is 2.20 bits per heavy atom. The van der Waals surface area contributed by atoms with E-state index in [2.05, 4.69) is 10.1 Å². The van der Waals surface area contributed by atoms with Gasteiger partial charge in [0, 0.05) is 5.41 Å². The maximum Gasteiger partial charge on any atom is 0.264 e. The van der Waals surface area contributed by atoms with Crippen LogP contribution < -0.4 is 0 Å². The van der Waals surface area contributed by atoms with Gasteiger partial charge in [-0.3, -0.25) is 0 Å². The average molecular weight is 218 g/mol. The molecule has 4 nitrogen and oxygen atoms in total. The normalized spacial score (nSPS) is 20.6. The number of halogens is 2. The quantitative estimate of drug-likeness (QED) is 0.827. The molecule has 1 aromatic rings. The van der Waals surface area contributed by atoms with Crippen LogP contribution in [0.3, 0.4) is 0 Å². The monoisotopic (exact) mass is 218 g/mol. The minimum atomic E-state index is -2.78. The largest absolute Gasteiger partial charge is 0.387 e. The van der Waals surface area contributed by atoms with Gasteiger partial charge in [0.05, 0.1) is 6.42 Å². The van der Waals surface area contributed by atoms with E-state index in [1.165, 1.54) is 0 Å². The van der Waals surface area contributed by atoms with Crippen molar-refractivity contribution in [2.45, 2.75) is 44.1 Å². The van der Waals surface area contributed by atoms with Gasteiger partial charge in [0.2, 0.25) is 5.89 Å². The van der Waals surface area contributed by atoms with Crippen LogP contribution in [0.2, 0.25) is 0 Å². The first-order valence-electron chi connectivity index (χ1n) is 4.80. The molecule has 0 aliphatic heterocycles. The van der Waals surface area contributed by atoms with Crippen molar-refractivity contribution in [3.05, 3.63) is 11.7 Å². The van der Waals surface area contributed by atoms with Gasteiger partial charge < -0.3 is 9.63 Å². The molecule has 1 saturated carbocycles. The molecule has 1 unspecified atom stereocenters. The Hall–Kier alpha value is -1.04. The summed E-state index contributed by atoms with van der Waals surface area (Å²) in [7, 11) is 0. The van der Waals surface area contributed by atoms with E-state index in [0.29, 0.717) is 5.82 Å². The van der Waals surface area contributed by atoms with Crippen molar-refractivity contribution in [1.82, 2.24) is 10.1 Å². The van der Waals surface area contributed by atoms with E-state index in [4.69, 9.17) is 9.63 Å². The summed E-state index contributed by atoms with van der Waals surface area (Å²) in [4.78, 5) is 4.00. The van der Waals surface area contributed by atoms with Crippen LogP contribution in [0.5, 0.6) is 0 Å². The Bertz CT molecular complexity index is 350. The molecule has 1 aliphatic carbocycles. The molecular formula is C9H12F2N2O2. The second kappa shape index (κ2) is 3.52. The fourth-order valence-corrected chi connectivity index (χ4v) is 1.26. The third-order valence-corrected chi connectivity index (χ3v) is 2.68. The number of alkyl halides is 2. The topological polar surface area (TPSA) is 59.2 Å². The summed E-state index contributed by atoms with van der Waals surface area (Å²) >= 11 is 0. The molecule has 1 aliphatic rings. The lowest BCUT2D eigenvalue weighted by molar-refractivity contribution is -0.00754. The second-order valence-corrected chi connectivity index (χ2v) is 4.18. The molecule has 84 valence electrons. The molecule has 1 N–H and O–H groups in total. The van der Waals surface area contributed by atoms with Gasteiger partial charge in [-0.1, -0.05) is 12.1 Å². The zero-order valence-electron chi connectivity index (χ0n) is 8.28. The minimum Gasteiger partial charge on any atom is -0.387 e. The average Bonchev–Trinajstić information content (AvgIpc) is 2.76. The van der Waals surface area contributed by atoms with Gasteiger partial charge in [-0.25, -0.2) is 8.78 Å². The van der Waals surface area contributed by atoms with E-state index in [1.54, 1.807) is 0 Å². The summed E-state index contributed by atoms with van der Waals surface area (Å²) in [6, 6.07) is 0. The fraction of sp³-hybridized carbons (Fsp3) is 0.778. The number of hydrogen-bond acceptors (Lipinski definition) is 4. The maximum absolute atomic E-state index is 12.0. The number of aromatic nitrogens is 2. The van der Waals surface area contributed by atoms with E-state index in [0.717, 1.165) is 12.8 Å². The zero-order chi connectivity index (χ0) is 11.1. The predicted molar refractivity (Wildman–Crippen MR) is 46.6 cm³/mol. The first kappa shape index (κ1) is 10.5. The lowest BCUT2D eigenvalue weighted by Crippen LogP contribution is -2.20. The fourth-order valence-electron chi connectivity index (χ4n) is 1.26. The summed E-state index contributed by atoms with van der Waals surface area (Å²) in [5.74, 6) is 0.630. The van der Waals surface area contributed by atoms with Gasteiger partial charge in [-0.05, 0) is 12.8 Å². The van der Waals surface area contributed by atoms with Crippen LogP contribution >= 0.6 is 0 Å². The summed E-state index contributed by atoms with van der Waals surface area (Å²) < 4.78 is 28.9. The van der Waals surface area contributed by atoms with Crippen molar-refractivity contribution >= 4 is 0 Å². The van der Waals surface area contributed by atoms with E-state index in [9.17, 15) is 8.78 Å². The van der Waals surface area contributed by atoms with Crippen molar-refractivity contribution in [3.63, 3.8) is 0 Å². The summed E-state index contributed by atoms with van der Waals surface area (Å²) in [5.41, 5.74) is -0.0441. The van der Waals surface area contributed by atoms with Crippen molar-refractivity contribution in [2.24, 2.45) is 0 Å². The van der Waals surface area contributed by atoms with Gasteiger partial charge in [-0.15, -0.1) is 0 Å². The molecule has 1 atom stereocenters. The molecule has 6 heteroatoms. The number of rotatable bonds is 4. The van der Waals surface area contributed by atoms with E-state index in [1.807, 2.05) is 6.92 Å². The standard InChI is InChI=1S/C9H12F2N2O2/c1-9(2-3-9)8-12-6(15-13-8)4-5(14)7(10)11/h5,7,14H,2-4H2,1H3. The van der Waals surface area contributed by atoms with E-state index < -0.39 is 12.5 Å². The molecule has 0 spiro atoms. The molecule has 1 heterocycles. The van der Waals surface area contributed by atoms with Gasteiger partial charge in [0.15, 0.2) is 5.82 Å². The highest BCUT2D eigenvalue weighted by atomic mass is 19.3. The van der Waals surface area contributed by atoms with Crippen LogP contribution in [-0.2, 0) is 11.8 Å². The molecule has 15 heavy (non-hydrogen) atoms. The van der Waals surface area contributed by atoms with Crippen LogP contribution in [0.4, 0.5) is 8.78 Å². The van der Waals surface area contributed by atoms with Gasteiger partial charge in [-0.2, -0.15) is 4.98 Å². The van der Waals surface area contributed by atoms with E-state index in [-0.39, 0.29) is 17.7 Å². The first-order chi connectivity index (χ1) is 7.01. The smallest absolute Gasteiger partial charge is 0.264 e. The number of aliphatic hydroxyl groups excluding tert-OH is 1. The number of hydrogen-bond donors (Lipinski definition) is 1. The molecule has 0 amide bonds. The Morgan fingerprint density at radius 1 is 1.53 bits per heavy atom. The highest BCUT2D eigenvalue weighted by Gasteiger charge is 2.43. The molecule has 1 aromatic heterocycles. The van der Waals surface area contributed by atoms with Crippen molar-refractivity contribution in [1.29, 1.82) is 0 Å². The molecule has 0 aromatic carbocycles.